The molecule has 1 aromatic heterocycles. The van der Waals surface area contributed by atoms with Gasteiger partial charge >= 0.3 is 0 Å². The van der Waals surface area contributed by atoms with Crippen molar-refractivity contribution in [2.75, 3.05) is 38.1 Å². The van der Waals surface area contributed by atoms with E-state index in [9.17, 15) is 14.9 Å². The number of hydrogen-bond acceptors (Lipinski definition) is 7. The lowest BCUT2D eigenvalue weighted by Gasteiger charge is -2.36. The topological polar surface area (TPSA) is 72.6 Å². The molecule has 0 N–H and O–H groups in total. The molecule has 3 rings (SSSR count). The fraction of sp³-hybridized carbons (Fsp3) is 0.545. The summed E-state index contributed by atoms with van der Waals surface area (Å²) in [6.45, 7) is 11.5. The summed E-state index contributed by atoms with van der Waals surface area (Å²) >= 11 is 6.71. The van der Waals surface area contributed by atoms with E-state index in [1.807, 2.05) is 26.8 Å². The van der Waals surface area contributed by atoms with Gasteiger partial charge in [-0.3, -0.25) is 19.1 Å². The molecular formula is C22H29N5O2S2. The van der Waals surface area contributed by atoms with Crippen molar-refractivity contribution in [1.29, 1.82) is 5.26 Å². The second-order valence-corrected chi connectivity index (χ2v) is 9.92. The number of nitrogens with zero attached hydrogens (tertiary/aromatic N) is 5. The lowest BCUT2D eigenvalue weighted by Crippen LogP contribution is -2.47. The third kappa shape index (κ3) is 4.43. The number of amides is 1. The first-order valence-electron chi connectivity index (χ1n) is 10.6. The van der Waals surface area contributed by atoms with E-state index in [1.54, 1.807) is 16.4 Å². The second kappa shape index (κ2) is 9.55. The summed E-state index contributed by atoms with van der Waals surface area (Å²) in [5, 5.41) is 9.72. The maximum Gasteiger partial charge on any atom is 0.270 e. The van der Waals surface area contributed by atoms with Gasteiger partial charge in [-0.1, -0.05) is 30.9 Å². The van der Waals surface area contributed by atoms with Crippen molar-refractivity contribution in [3.05, 3.63) is 31.9 Å². The lowest BCUT2D eigenvalue weighted by atomic mass is 10.0. The SMILES string of the molecule is CCCn1c(N2CCN(C)CC2)c(/C=C2\SC(=S)N(C(C)C)C2=O)c(C)c(C#N)c1=O. The van der Waals surface area contributed by atoms with Crippen LogP contribution in [0.2, 0.25) is 0 Å². The number of anilines is 1. The predicted molar refractivity (Wildman–Crippen MR) is 130 cm³/mol. The van der Waals surface area contributed by atoms with Crippen LogP contribution in [-0.4, -0.2) is 63.9 Å². The Morgan fingerprint density at radius 2 is 1.87 bits per heavy atom. The third-order valence-electron chi connectivity index (χ3n) is 5.71. The van der Waals surface area contributed by atoms with E-state index < -0.39 is 0 Å². The Balaban J connectivity index is 2.24. The number of carbonyl (C=O) groups is 1. The first kappa shape index (κ1) is 23.5. The van der Waals surface area contributed by atoms with Gasteiger partial charge in [-0.15, -0.1) is 0 Å². The van der Waals surface area contributed by atoms with Crippen molar-refractivity contribution < 1.29 is 4.79 Å². The van der Waals surface area contributed by atoms with Crippen LogP contribution < -0.4 is 10.5 Å². The van der Waals surface area contributed by atoms with Crippen LogP contribution in [0, 0.1) is 18.3 Å². The first-order chi connectivity index (χ1) is 14.7. The standard InChI is InChI=1S/C22H29N5O2S2/c1-6-7-26-19(25-10-8-24(5)9-11-25)16(15(4)17(13-23)20(26)28)12-18-21(29)27(14(2)3)22(30)31-18/h12,14H,6-11H2,1-5H3/b18-12-. The molecule has 7 nitrogen and oxygen atoms in total. The van der Waals surface area contributed by atoms with Crippen molar-refractivity contribution in [3.63, 3.8) is 0 Å². The van der Waals surface area contributed by atoms with Crippen molar-refractivity contribution in [2.45, 2.75) is 46.7 Å². The van der Waals surface area contributed by atoms with Gasteiger partial charge < -0.3 is 9.80 Å². The molecule has 9 heteroatoms. The number of nitriles is 1. The molecule has 0 radical (unpaired) electrons. The molecule has 2 aliphatic heterocycles. The fourth-order valence-electron chi connectivity index (χ4n) is 3.99. The molecule has 2 aliphatic rings. The van der Waals surface area contributed by atoms with Crippen LogP contribution in [0.3, 0.4) is 0 Å². The Bertz CT molecular complexity index is 1030. The van der Waals surface area contributed by atoms with E-state index in [1.165, 1.54) is 11.8 Å². The first-order valence-corrected chi connectivity index (χ1v) is 11.8. The number of aromatic nitrogens is 1. The average molecular weight is 460 g/mol. The highest BCUT2D eigenvalue weighted by Crippen LogP contribution is 2.36. The normalized spacial score (nSPS) is 19.1. The number of likely N-dealkylation sites (N-methyl/N-ethyl adjacent to an activating group) is 1. The van der Waals surface area contributed by atoms with Gasteiger partial charge in [-0.2, -0.15) is 5.26 Å². The maximum absolute atomic E-state index is 13.2. The zero-order chi connectivity index (χ0) is 22.9. The summed E-state index contributed by atoms with van der Waals surface area (Å²) in [5.41, 5.74) is 1.25. The summed E-state index contributed by atoms with van der Waals surface area (Å²) in [7, 11) is 2.08. The highest BCUT2D eigenvalue weighted by molar-refractivity contribution is 8.26. The zero-order valence-corrected chi connectivity index (χ0v) is 20.4. The number of thiocarbonyl (C=S) groups is 1. The summed E-state index contributed by atoms with van der Waals surface area (Å²) in [4.78, 5) is 32.8. The quantitative estimate of drug-likeness (QED) is 0.495. The monoisotopic (exact) mass is 459 g/mol. The smallest absolute Gasteiger partial charge is 0.270 e. The molecule has 0 aliphatic carbocycles. The lowest BCUT2D eigenvalue weighted by molar-refractivity contribution is -0.123. The number of piperazine rings is 1. The average Bonchev–Trinajstić information content (AvgIpc) is 3.00. The molecular weight excluding hydrogens is 430 g/mol. The molecule has 2 saturated heterocycles. The number of rotatable bonds is 5. The van der Waals surface area contributed by atoms with E-state index >= 15 is 0 Å². The third-order valence-corrected chi connectivity index (χ3v) is 7.04. The highest BCUT2D eigenvalue weighted by Gasteiger charge is 2.35. The minimum atomic E-state index is -0.261. The van der Waals surface area contributed by atoms with Crippen molar-refractivity contribution in [1.82, 2.24) is 14.4 Å². The minimum absolute atomic E-state index is 0.0275. The van der Waals surface area contributed by atoms with Gasteiger partial charge in [-0.05, 0) is 45.9 Å². The molecule has 166 valence electrons. The van der Waals surface area contributed by atoms with Gasteiger partial charge in [0.05, 0.1) is 4.91 Å². The summed E-state index contributed by atoms with van der Waals surface area (Å²) in [5.74, 6) is 0.673. The number of pyridine rings is 1. The molecule has 1 aromatic rings. The Hall–Kier alpha value is -2.15. The summed E-state index contributed by atoms with van der Waals surface area (Å²) < 4.78 is 2.25. The van der Waals surface area contributed by atoms with E-state index in [0.29, 0.717) is 21.3 Å². The molecule has 0 unspecified atom stereocenters. The minimum Gasteiger partial charge on any atom is -0.355 e. The zero-order valence-electron chi connectivity index (χ0n) is 18.8. The van der Waals surface area contributed by atoms with E-state index in [0.717, 1.165) is 44.0 Å². The molecule has 2 fully saturated rings. The van der Waals surface area contributed by atoms with Crippen molar-refractivity contribution >= 4 is 46.1 Å². The fourth-order valence-corrected chi connectivity index (χ4v) is 5.50. The number of thioether (sulfide) groups is 1. The Labute approximate surface area is 193 Å². The summed E-state index contributed by atoms with van der Waals surface area (Å²) in [6, 6.07) is 2.07. The summed E-state index contributed by atoms with van der Waals surface area (Å²) in [6.07, 6.45) is 2.60. The van der Waals surface area contributed by atoms with Gasteiger partial charge in [0, 0.05) is 44.3 Å². The van der Waals surface area contributed by atoms with Crippen LogP contribution in [0.4, 0.5) is 5.82 Å². The van der Waals surface area contributed by atoms with Crippen molar-refractivity contribution in [3.8, 4) is 6.07 Å². The van der Waals surface area contributed by atoms with Gasteiger partial charge in [0.15, 0.2) is 0 Å². The Morgan fingerprint density at radius 1 is 1.23 bits per heavy atom. The van der Waals surface area contributed by atoms with E-state index in [2.05, 4.69) is 22.9 Å². The van der Waals surface area contributed by atoms with Crippen LogP contribution in [0.1, 0.15) is 43.9 Å². The molecule has 3 heterocycles. The molecule has 0 spiro atoms. The van der Waals surface area contributed by atoms with Crippen LogP contribution in [0.5, 0.6) is 0 Å². The van der Waals surface area contributed by atoms with E-state index in [4.69, 9.17) is 12.2 Å². The predicted octanol–water partition coefficient (Wildman–Crippen LogP) is 2.80. The Morgan fingerprint density at radius 3 is 2.39 bits per heavy atom. The van der Waals surface area contributed by atoms with Crippen LogP contribution in [0.15, 0.2) is 9.70 Å². The van der Waals surface area contributed by atoms with Gasteiger partial charge in [0.25, 0.3) is 11.5 Å². The highest BCUT2D eigenvalue weighted by atomic mass is 32.2. The largest absolute Gasteiger partial charge is 0.355 e. The molecule has 1 amide bonds. The molecule has 0 atom stereocenters. The van der Waals surface area contributed by atoms with Crippen LogP contribution >= 0.6 is 24.0 Å². The molecule has 31 heavy (non-hydrogen) atoms. The number of carbonyl (C=O) groups excluding carboxylic acids is 1. The molecule has 0 saturated carbocycles. The second-order valence-electron chi connectivity index (χ2n) is 8.24. The van der Waals surface area contributed by atoms with Gasteiger partial charge in [0.1, 0.15) is 21.8 Å². The van der Waals surface area contributed by atoms with Crippen LogP contribution in [0.25, 0.3) is 6.08 Å². The maximum atomic E-state index is 13.2. The van der Waals surface area contributed by atoms with E-state index in [-0.39, 0.29) is 23.1 Å². The number of hydrogen-bond donors (Lipinski definition) is 0. The van der Waals surface area contributed by atoms with Crippen molar-refractivity contribution in [2.24, 2.45) is 0 Å². The van der Waals surface area contributed by atoms with Gasteiger partial charge in [-0.25, -0.2) is 0 Å². The molecule has 0 bridgehead atoms. The Kier molecular flexibility index (Phi) is 7.24. The molecule has 0 aromatic carbocycles. The van der Waals surface area contributed by atoms with Gasteiger partial charge in [0.2, 0.25) is 0 Å². The van der Waals surface area contributed by atoms with Crippen LogP contribution in [-0.2, 0) is 11.3 Å².